The number of aliphatic hydroxyl groups is 1. The van der Waals surface area contributed by atoms with Gasteiger partial charge in [-0.15, -0.1) is 0 Å². The van der Waals surface area contributed by atoms with E-state index in [4.69, 9.17) is 9.47 Å². The number of thiazole rings is 1. The standard InChI is InChI=1S/C44H59N3O4S.C25H25N5O/c1-3-29-9-13-31(14-10-29)33-17-21-35(22-18-33)42(48)50-38-25-26-40(37(27-38)28-45-47-44-46-39-7-5-6-8-41(39)52-44)51-43(49)36-23-19-34(20-24-36)32-15-11-30(4-2)12-16-32;1-17-5-3-7-20(13-17)15-23-28-24(26-21-11-9-19(16-31)10-12-21)30-25(29-23)27-22-8-4-6-18(2)14-22/h5-8,25-36H,3-4,9-24H2,1-2H3,(H,46,47);3-14,31H,15-16H2,1-2H3,(H2,26,27,28,29,30)/b45-28+;. The van der Waals surface area contributed by atoms with Gasteiger partial charge < -0.3 is 25.2 Å². The molecule has 4 aliphatic rings. The van der Waals surface area contributed by atoms with E-state index >= 15 is 0 Å². The number of anilines is 5. The SMILES string of the molecule is CCC1CCC(C2CCC(C(=O)Oc3ccc(OC(=O)C4CCC(C5CCC(CC)CC5)CC4)c(/C=N/Nc4nc5ccccc5s4)c3)CC2)CC1.Cc1cccc(Cc2nc(Nc3ccc(CO)cc3)nc(Nc3cccc(C)c3)n2)c1. The van der Waals surface area contributed by atoms with Crippen LogP contribution < -0.4 is 25.5 Å². The molecule has 2 heterocycles. The van der Waals surface area contributed by atoms with Crippen molar-refractivity contribution >= 4 is 68.1 Å². The summed E-state index contributed by atoms with van der Waals surface area (Å²) in [6, 6.07) is 37.2. The molecule has 7 aromatic rings. The molecule has 0 atom stereocenters. The molecule has 436 valence electrons. The highest BCUT2D eigenvalue weighted by Gasteiger charge is 2.35. The first-order valence-corrected chi connectivity index (χ1v) is 31.7. The summed E-state index contributed by atoms with van der Waals surface area (Å²) < 4.78 is 13.2. The minimum atomic E-state index is -0.174. The summed E-state index contributed by atoms with van der Waals surface area (Å²) in [4.78, 5) is 45.4. The van der Waals surface area contributed by atoms with Crippen LogP contribution in [0.2, 0.25) is 0 Å². The number of esters is 2. The summed E-state index contributed by atoms with van der Waals surface area (Å²) in [6.07, 6.45) is 23.8. The van der Waals surface area contributed by atoms with E-state index < -0.39 is 0 Å². The van der Waals surface area contributed by atoms with Crippen molar-refractivity contribution in [1.29, 1.82) is 0 Å². The third-order valence-corrected chi connectivity index (χ3v) is 19.3. The van der Waals surface area contributed by atoms with Crippen LogP contribution in [0.25, 0.3) is 10.2 Å². The second kappa shape index (κ2) is 29.0. The van der Waals surface area contributed by atoms with Gasteiger partial charge in [0.05, 0.1) is 34.9 Å². The van der Waals surface area contributed by atoms with Gasteiger partial charge >= 0.3 is 11.9 Å². The average molecular weight is 1140 g/mol. The second-order valence-electron chi connectivity index (χ2n) is 24.0. The third kappa shape index (κ3) is 16.6. The summed E-state index contributed by atoms with van der Waals surface area (Å²) in [7, 11) is 0. The Bertz CT molecular complexity index is 3160. The average Bonchev–Trinajstić information content (AvgIpc) is 3.93. The van der Waals surface area contributed by atoms with Crippen LogP contribution in [0.4, 0.5) is 28.4 Å². The van der Waals surface area contributed by atoms with E-state index in [0.717, 1.165) is 125 Å². The highest BCUT2D eigenvalue weighted by molar-refractivity contribution is 7.22. The van der Waals surface area contributed by atoms with Crippen LogP contribution in [0.3, 0.4) is 0 Å². The first-order valence-electron chi connectivity index (χ1n) is 30.9. The molecule has 4 saturated carbocycles. The van der Waals surface area contributed by atoms with E-state index in [1.165, 1.54) is 81.1 Å². The predicted octanol–water partition coefficient (Wildman–Crippen LogP) is 16.7. The first-order chi connectivity index (χ1) is 40.5. The van der Waals surface area contributed by atoms with Gasteiger partial charge in [0, 0.05) is 23.4 Å². The number of nitrogens with one attached hydrogen (secondary N) is 3. The summed E-state index contributed by atoms with van der Waals surface area (Å²) in [6.45, 7) is 8.78. The number of nitrogens with zero attached hydrogens (tertiary/aromatic N) is 5. The fourth-order valence-electron chi connectivity index (χ4n) is 13.3. The van der Waals surface area contributed by atoms with E-state index in [-0.39, 0.29) is 30.4 Å². The Hall–Kier alpha value is -7.03. The van der Waals surface area contributed by atoms with E-state index in [1.54, 1.807) is 24.4 Å². The normalized spacial score (nSPS) is 22.7. The van der Waals surface area contributed by atoms with Crippen molar-refractivity contribution in [3.8, 4) is 11.5 Å². The minimum absolute atomic E-state index is 0.0111. The van der Waals surface area contributed by atoms with Crippen molar-refractivity contribution in [3.63, 3.8) is 0 Å². The minimum Gasteiger partial charge on any atom is -0.426 e. The zero-order chi connectivity index (χ0) is 57.5. The lowest BCUT2D eigenvalue weighted by Crippen LogP contribution is -2.30. The topological polar surface area (TPSA) is 173 Å². The molecule has 0 saturated heterocycles. The van der Waals surface area contributed by atoms with Gasteiger partial charge in [0.2, 0.25) is 17.0 Å². The largest absolute Gasteiger partial charge is 0.426 e. The van der Waals surface area contributed by atoms with E-state index in [1.807, 2.05) is 85.8 Å². The molecule has 4 fully saturated rings. The second-order valence-corrected chi connectivity index (χ2v) is 25.1. The van der Waals surface area contributed by atoms with Crippen molar-refractivity contribution in [2.24, 2.45) is 52.4 Å². The third-order valence-electron chi connectivity index (χ3n) is 18.3. The molecule has 0 amide bonds. The molecular formula is C69H84N8O5S. The number of aliphatic hydroxyl groups excluding tert-OH is 1. The van der Waals surface area contributed by atoms with E-state index in [2.05, 4.69) is 80.1 Å². The van der Waals surface area contributed by atoms with Gasteiger partial charge in [0.15, 0.2) is 0 Å². The molecule has 0 bridgehead atoms. The summed E-state index contributed by atoms with van der Waals surface area (Å²) in [5, 5.41) is 20.9. The number of para-hydroxylation sites is 1. The van der Waals surface area contributed by atoms with Crippen LogP contribution in [0.1, 0.15) is 163 Å². The molecule has 13 nitrogen and oxygen atoms in total. The lowest BCUT2D eigenvalue weighted by molar-refractivity contribution is -0.141. The number of hydrogen-bond acceptors (Lipinski definition) is 14. The van der Waals surface area contributed by atoms with Crippen molar-refractivity contribution in [2.45, 2.75) is 156 Å². The van der Waals surface area contributed by atoms with Crippen LogP contribution in [-0.4, -0.2) is 43.2 Å². The van der Waals surface area contributed by atoms with Crippen molar-refractivity contribution in [1.82, 2.24) is 19.9 Å². The molecule has 5 aromatic carbocycles. The zero-order valence-corrected chi connectivity index (χ0v) is 49.8. The van der Waals surface area contributed by atoms with Crippen LogP contribution in [0, 0.1) is 61.2 Å². The smallest absolute Gasteiger partial charge is 0.314 e. The quantitative estimate of drug-likeness (QED) is 0.0278. The molecule has 0 spiro atoms. The zero-order valence-electron chi connectivity index (χ0n) is 49.0. The molecule has 4 N–H and O–H groups in total. The van der Waals surface area contributed by atoms with Gasteiger partial charge in [-0.3, -0.25) is 15.0 Å². The number of carbonyl (C=O) groups excluding carboxylic acids is 2. The number of ether oxygens (including phenoxy) is 2. The highest BCUT2D eigenvalue weighted by atomic mass is 32.1. The van der Waals surface area contributed by atoms with Gasteiger partial charge in [-0.05, 0) is 198 Å². The Balaban J connectivity index is 0.000000211. The molecule has 0 unspecified atom stereocenters. The Morgan fingerprint density at radius 3 is 1.72 bits per heavy atom. The molecule has 11 rings (SSSR count). The molecule has 4 aliphatic carbocycles. The maximum atomic E-state index is 13.5. The molecule has 0 aliphatic heterocycles. The lowest BCUT2D eigenvalue weighted by atomic mass is 9.69. The number of hydrazone groups is 1. The maximum absolute atomic E-state index is 13.5. The van der Waals surface area contributed by atoms with Gasteiger partial charge in [-0.1, -0.05) is 130 Å². The number of carbonyl (C=O) groups is 2. The summed E-state index contributed by atoms with van der Waals surface area (Å²) >= 11 is 1.52. The number of aryl methyl sites for hydroxylation is 2. The van der Waals surface area contributed by atoms with E-state index in [0.29, 0.717) is 46.3 Å². The van der Waals surface area contributed by atoms with Gasteiger partial charge in [-0.2, -0.15) is 20.1 Å². The van der Waals surface area contributed by atoms with Crippen molar-refractivity contribution < 1.29 is 24.2 Å². The van der Waals surface area contributed by atoms with Crippen LogP contribution >= 0.6 is 11.3 Å². The Morgan fingerprint density at radius 1 is 0.578 bits per heavy atom. The maximum Gasteiger partial charge on any atom is 0.314 e. The van der Waals surface area contributed by atoms with Crippen LogP contribution in [-0.2, 0) is 22.6 Å². The van der Waals surface area contributed by atoms with Gasteiger partial charge in [0.25, 0.3) is 0 Å². The highest BCUT2D eigenvalue weighted by Crippen LogP contribution is 2.44. The number of rotatable bonds is 18. The van der Waals surface area contributed by atoms with Gasteiger partial charge in [-0.25, -0.2) is 4.98 Å². The monoisotopic (exact) mass is 1140 g/mol. The number of aromatic nitrogens is 4. The van der Waals surface area contributed by atoms with Crippen molar-refractivity contribution in [2.75, 3.05) is 16.1 Å². The van der Waals surface area contributed by atoms with Crippen LogP contribution in [0.15, 0.2) is 120 Å². The number of hydrogen-bond donors (Lipinski definition) is 4. The van der Waals surface area contributed by atoms with Gasteiger partial charge in [0.1, 0.15) is 17.3 Å². The molecular weight excluding hydrogens is 1050 g/mol. The predicted molar refractivity (Wildman–Crippen MR) is 335 cm³/mol. The van der Waals surface area contributed by atoms with E-state index in [9.17, 15) is 14.7 Å². The fourth-order valence-corrected chi connectivity index (χ4v) is 14.1. The van der Waals surface area contributed by atoms with Crippen LogP contribution in [0.5, 0.6) is 11.5 Å². The first kappa shape index (κ1) is 59.1. The molecule has 14 heteroatoms. The molecule has 83 heavy (non-hydrogen) atoms. The fraction of sp³-hybridized carbons (Fsp3) is 0.464. The summed E-state index contributed by atoms with van der Waals surface area (Å²) in [5.74, 6) is 6.95. The molecule has 2 aromatic heterocycles. The lowest BCUT2D eigenvalue weighted by Gasteiger charge is -2.37. The summed E-state index contributed by atoms with van der Waals surface area (Å²) in [5.41, 5.74) is 10.7. The number of benzene rings is 5. The Morgan fingerprint density at radius 2 is 1.14 bits per heavy atom. The molecule has 0 radical (unpaired) electrons. The number of fused-ring (bicyclic) bond motifs is 1. The Kier molecular flexibility index (Phi) is 20.7. The van der Waals surface area contributed by atoms with Crippen molar-refractivity contribution in [3.05, 3.63) is 149 Å². The Labute approximate surface area is 495 Å².